The minimum absolute atomic E-state index is 0.597. The maximum absolute atomic E-state index is 4.49. The maximum Gasteiger partial charge on any atom is 0.151 e. The van der Waals surface area contributed by atoms with Crippen LogP contribution in [0.2, 0.25) is 0 Å². The number of nitrogens with one attached hydrogen (secondary N) is 1. The third-order valence-electron chi connectivity index (χ3n) is 4.62. The molecule has 3 rings (SSSR count). The fraction of sp³-hybridized carbons (Fsp3) is 0.733. The Kier molecular flexibility index (Phi) is 3.97. The van der Waals surface area contributed by atoms with Gasteiger partial charge >= 0.3 is 0 Å². The molecular weight excluding hydrogens is 236 g/mol. The molecule has 1 saturated carbocycles. The minimum atomic E-state index is 0.597. The number of nitrogens with zero attached hydrogens (tertiary/aromatic N) is 3. The second-order valence-electron chi connectivity index (χ2n) is 5.87. The van der Waals surface area contributed by atoms with E-state index in [-0.39, 0.29) is 0 Å². The highest BCUT2D eigenvalue weighted by molar-refractivity contribution is 5.39. The highest BCUT2D eigenvalue weighted by Crippen LogP contribution is 2.31. The molecule has 1 aromatic rings. The van der Waals surface area contributed by atoms with E-state index in [2.05, 4.69) is 32.5 Å². The summed E-state index contributed by atoms with van der Waals surface area (Å²) >= 11 is 0. The molecule has 1 atom stereocenters. The first-order chi connectivity index (χ1) is 9.36. The molecule has 1 saturated heterocycles. The van der Waals surface area contributed by atoms with Crippen molar-refractivity contribution in [1.82, 2.24) is 15.5 Å². The van der Waals surface area contributed by atoms with E-state index in [4.69, 9.17) is 0 Å². The van der Waals surface area contributed by atoms with Crippen molar-refractivity contribution in [2.75, 3.05) is 25.0 Å². The number of rotatable bonds is 3. The molecular formula is C15H24N4. The fourth-order valence-electron chi connectivity index (χ4n) is 3.32. The standard InChI is InChI=1S/C15H24N4/c1-16-13-9-10-19(11-13)15-8-7-14(17-18-15)12-5-3-2-4-6-12/h7-8,12-13,16H,2-6,9-11H2,1H3. The van der Waals surface area contributed by atoms with Gasteiger partial charge in [-0.2, -0.15) is 5.10 Å². The van der Waals surface area contributed by atoms with Crippen molar-refractivity contribution in [2.24, 2.45) is 0 Å². The number of likely N-dealkylation sites (N-methyl/N-ethyl adjacent to an activating group) is 1. The van der Waals surface area contributed by atoms with Gasteiger partial charge in [-0.1, -0.05) is 19.3 Å². The minimum Gasteiger partial charge on any atom is -0.354 e. The van der Waals surface area contributed by atoms with Crippen molar-refractivity contribution in [3.05, 3.63) is 17.8 Å². The van der Waals surface area contributed by atoms with Crippen LogP contribution in [-0.2, 0) is 0 Å². The molecule has 1 aliphatic heterocycles. The van der Waals surface area contributed by atoms with Gasteiger partial charge in [0.05, 0.1) is 5.69 Å². The molecule has 4 heteroatoms. The zero-order valence-electron chi connectivity index (χ0n) is 11.8. The lowest BCUT2D eigenvalue weighted by Gasteiger charge is -2.21. The molecule has 4 nitrogen and oxygen atoms in total. The lowest BCUT2D eigenvalue weighted by molar-refractivity contribution is 0.434. The summed E-state index contributed by atoms with van der Waals surface area (Å²) in [6.45, 7) is 2.14. The van der Waals surface area contributed by atoms with Crippen molar-refractivity contribution >= 4 is 5.82 Å². The van der Waals surface area contributed by atoms with Crippen molar-refractivity contribution < 1.29 is 0 Å². The fourth-order valence-corrected chi connectivity index (χ4v) is 3.32. The van der Waals surface area contributed by atoms with Crippen LogP contribution in [0, 0.1) is 0 Å². The average molecular weight is 260 g/mol. The van der Waals surface area contributed by atoms with Crippen molar-refractivity contribution in [3.63, 3.8) is 0 Å². The van der Waals surface area contributed by atoms with Gasteiger partial charge in [0.2, 0.25) is 0 Å². The van der Waals surface area contributed by atoms with Gasteiger partial charge in [0.25, 0.3) is 0 Å². The summed E-state index contributed by atoms with van der Waals surface area (Å²) in [7, 11) is 2.03. The molecule has 19 heavy (non-hydrogen) atoms. The third-order valence-corrected chi connectivity index (χ3v) is 4.62. The van der Waals surface area contributed by atoms with Gasteiger partial charge in [0.15, 0.2) is 5.82 Å². The topological polar surface area (TPSA) is 41.0 Å². The Bertz CT molecular complexity index is 397. The normalized spacial score (nSPS) is 24.9. The third kappa shape index (κ3) is 2.89. The molecule has 0 aromatic carbocycles. The number of hydrogen-bond donors (Lipinski definition) is 1. The monoisotopic (exact) mass is 260 g/mol. The van der Waals surface area contributed by atoms with Crippen molar-refractivity contribution in [2.45, 2.75) is 50.5 Å². The van der Waals surface area contributed by atoms with Crippen molar-refractivity contribution in [1.29, 1.82) is 0 Å². The summed E-state index contributed by atoms with van der Waals surface area (Å²) in [5, 5.41) is 12.3. The lowest BCUT2D eigenvalue weighted by atomic mass is 9.87. The van der Waals surface area contributed by atoms with Gasteiger partial charge in [-0.05, 0) is 38.4 Å². The van der Waals surface area contributed by atoms with Crippen LogP contribution in [0.3, 0.4) is 0 Å². The molecule has 2 fully saturated rings. The number of anilines is 1. The maximum atomic E-state index is 4.49. The van der Waals surface area contributed by atoms with E-state index in [1.54, 1.807) is 0 Å². The Labute approximate surface area is 115 Å². The summed E-state index contributed by atoms with van der Waals surface area (Å²) in [6.07, 6.45) is 7.87. The Balaban J connectivity index is 1.65. The Hall–Kier alpha value is -1.16. The van der Waals surface area contributed by atoms with Crippen LogP contribution in [0.4, 0.5) is 5.82 Å². The van der Waals surface area contributed by atoms with Crippen LogP contribution in [0.5, 0.6) is 0 Å². The second kappa shape index (κ2) is 5.87. The Morgan fingerprint density at radius 2 is 1.95 bits per heavy atom. The predicted molar refractivity (Wildman–Crippen MR) is 77.5 cm³/mol. The summed E-state index contributed by atoms with van der Waals surface area (Å²) in [4.78, 5) is 2.33. The molecule has 2 aliphatic rings. The molecule has 1 aromatic heterocycles. The first kappa shape index (κ1) is 12.9. The summed E-state index contributed by atoms with van der Waals surface area (Å²) in [5.41, 5.74) is 1.20. The van der Waals surface area contributed by atoms with Crippen LogP contribution in [-0.4, -0.2) is 36.4 Å². The zero-order valence-corrected chi connectivity index (χ0v) is 11.8. The zero-order chi connectivity index (χ0) is 13.1. The van der Waals surface area contributed by atoms with Crippen LogP contribution in [0.25, 0.3) is 0 Å². The van der Waals surface area contributed by atoms with E-state index in [0.29, 0.717) is 12.0 Å². The van der Waals surface area contributed by atoms with Gasteiger partial charge in [-0.3, -0.25) is 0 Å². The lowest BCUT2D eigenvalue weighted by Crippen LogP contribution is -2.30. The van der Waals surface area contributed by atoms with Crippen molar-refractivity contribution in [3.8, 4) is 0 Å². The molecule has 2 heterocycles. The summed E-state index contributed by atoms with van der Waals surface area (Å²) < 4.78 is 0. The van der Waals surface area contributed by atoms with Gasteiger partial charge < -0.3 is 10.2 Å². The van der Waals surface area contributed by atoms with E-state index in [0.717, 1.165) is 18.9 Å². The van der Waals surface area contributed by atoms with Gasteiger partial charge in [0.1, 0.15) is 0 Å². The summed E-state index contributed by atoms with van der Waals surface area (Å²) in [6, 6.07) is 4.96. The smallest absolute Gasteiger partial charge is 0.151 e. The number of hydrogen-bond acceptors (Lipinski definition) is 4. The molecule has 0 amide bonds. The van der Waals surface area contributed by atoms with Crippen LogP contribution < -0.4 is 10.2 Å². The van der Waals surface area contributed by atoms with E-state index < -0.39 is 0 Å². The molecule has 1 N–H and O–H groups in total. The number of aromatic nitrogens is 2. The highest BCUT2D eigenvalue weighted by Gasteiger charge is 2.23. The highest BCUT2D eigenvalue weighted by atomic mass is 15.3. The average Bonchev–Trinajstić information content (AvgIpc) is 2.97. The van der Waals surface area contributed by atoms with Gasteiger partial charge in [0, 0.05) is 25.0 Å². The van der Waals surface area contributed by atoms with E-state index in [1.165, 1.54) is 44.2 Å². The molecule has 0 spiro atoms. The molecule has 0 bridgehead atoms. The van der Waals surface area contributed by atoms with Crippen LogP contribution in [0.1, 0.15) is 50.1 Å². The van der Waals surface area contributed by atoms with Crippen LogP contribution >= 0.6 is 0 Å². The SMILES string of the molecule is CNC1CCN(c2ccc(C3CCCCC3)nn2)C1. The molecule has 0 radical (unpaired) electrons. The summed E-state index contributed by atoms with van der Waals surface area (Å²) in [5.74, 6) is 1.69. The van der Waals surface area contributed by atoms with Gasteiger partial charge in [-0.15, -0.1) is 5.10 Å². The first-order valence-corrected chi connectivity index (χ1v) is 7.62. The predicted octanol–water partition coefficient (Wildman–Crippen LogP) is 2.32. The Morgan fingerprint density at radius 3 is 2.58 bits per heavy atom. The van der Waals surface area contributed by atoms with E-state index in [9.17, 15) is 0 Å². The largest absolute Gasteiger partial charge is 0.354 e. The quantitative estimate of drug-likeness (QED) is 0.905. The molecule has 104 valence electrons. The van der Waals surface area contributed by atoms with Gasteiger partial charge in [-0.25, -0.2) is 0 Å². The second-order valence-corrected chi connectivity index (χ2v) is 5.87. The van der Waals surface area contributed by atoms with E-state index >= 15 is 0 Å². The van der Waals surface area contributed by atoms with Crippen LogP contribution in [0.15, 0.2) is 12.1 Å². The van der Waals surface area contributed by atoms with E-state index in [1.807, 2.05) is 7.05 Å². The first-order valence-electron chi connectivity index (χ1n) is 7.62. The molecule has 1 aliphatic carbocycles. The molecule has 1 unspecified atom stereocenters. The Morgan fingerprint density at radius 1 is 1.11 bits per heavy atom.